The molecular weight excluding hydrogens is 340 g/mol. The first kappa shape index (κ1) is 21.0. The van der Waals surface area contributed by atoms with Crippen molar-refractivity contribution < 1.29 is 4.74 Å². The molecule has 0 saturated heterocycles. The Kier molecular flexibility index (Phi) is 8.45. The van der Waals surface area contributed by atoms with Gasteiger partial charge in [0.2, 0.25) is 0 Å². The molecule has 28 heavy (non-hydrogen) atoms. The molecule has 0 N–H and O–H groups in total. The highest BCUT2D eigenvalue weighted by molar-refractivity contribution is 5.64. The van der Waals surface area contributed by atoms with Crippen LogP contribution in [-0.4, -0.2) is 6.61 Å². The Morgan fingerprint density at radius 1 is 0.714 bits per heavy atom. The van der Waals surface area contributed by atoms with Crippen LogP contribution >= 0.6 is 0 Å². The minimum atomic E-state index is 0.717. The highest BCUT2D eigenvalue weighted by Crippen LogP contribution is 2.38. The molecule has 0 aromatic heterocycles. The summed E-state index contributed by atoms with van der Waals surface area (Å²) in [6.07, 6.45) is 14.2. The van der Waals surface area contributed by atoms with Crippen molar-refractivity contribution >= 4 is 0 Å². The number of rotatable bonds is 10. The first-order valence-electron chi connectivity index (χ1n) is 11.6. The van der Waals surface area contributed by atoms with Crippen molar-refractivity contribution in [2.45, 2.75) is 84.0 Å². The van der Waals surface area contributed by atoms with E-state index < -0.39 is 0 Å². The molecule has 2 aromatic rings. The second-order valence-electron chi connectivity index (χ2n) is 8.50. The van der Waals surface area contributed by atoms with Gasteiger partial charge in [-0.25, -0.2) is 0 Å². The molecule has 0 unspecified atom stereocenters. The largest absolute Gasteiger partial charge is 0.494 e. The number of unbranched alkanes of at least 4 members (excludes halogenated alkanes) is 4. The van der Waals surface area contributed by atoms with Gasteiger partial charge in [-0.3, -0.25) is 0 Å². The van der Waals surface area contributed by atoms with Gasteiger partial charge in [-0.15, -0.1) is 0 Å². The van der Waals surface area contributed by atoms with E-state index in [4.69, 9.17) is 4.74 Å². The molecular formula is C27H38O. The zero-order valence-corrected chi connectivity index (χ0v) is 18.0. The van der Waals surface area contributed by atoms with Crippen molar-refractivity contribution in [2.75, 3.05) is 6.61 Å². The molecule has 0 radical (unpaired) electrons. The van der Waals surface area contributed by atoms with Crippen LogP contribution in [0.3, 0.4) is 0 Å². The molecule has 1 fully saturated rings. The van der Waals surface area contributed by atoms with Crippen LogP contribution in [0.2, 0.25) is 0 Å². The lowest BCUT2D eigenvalue weighted by Gasteiger charge is -2.29. The third-order valence-corrected chi connectivity index (χ3v) is 6.44. The van der Waals surface area contributed by atoms with E-state index in [1.165, 1.54) is 80.9 Å². The van der Waals surface area contributed by atoms with E-state index in [9.17, 15) is 0 Å². The molecule has 1 aliphatic rings. The van der Waals surface area contributed by atoms with E-state index in [-0.39, 0.29) is 0 Å². The van der Waals surface area contributed by atoms with Crippen LogP contribution in [0.1, 0.15) is 89.5 Å². The third kappa shape index (κ3) is 6.12. The van der Waals surface area contributed by atoms with E-state index in [0.717, 1.165) is 24.2 Å². The van der Waals surface area contributed by atoms with Gasteiger partial charge in [-0.05, 0) is 73.3 Å². The minimum Gasteiger partial charge on any atom is -0.494 e. The lowest BCUT2D eigenvalue weighted by Crippen LogP contribution is -2.13. The van der Waals surface area contributed by atoms with Crippen molar-refractivity contribution in [1.29, 1.82) is 0 Å². The Hall–Kier alpha value is -1.76. The Morgan fingerprint density at radius 2 is 1.32 bits per heavy atom. The molecule has 152 valence electrons. The summed E-state index contributed by atoms with van der Waals surface area (Å²) in [6, 6.07) is 17.8. The maximum Gasteiger partial charge on any atom is 0.119 e. The predicted octanol–water partition coefficient (Wildman–Crippen LogP) is 8.39. The average molecular weight is 379 g/mol. The second kappa shape index (κ2) is 11.3. The molecule has 0 atom stereocenters. The lowest BCUT2D eigenvalue weighted by atomic mass is 9.77. The molecule has 2 aromatic carbocycles. The summed E-state index contributed by atoms with van der Waals surface area (Å²) in [5.41, 5.74) is 4.10. The SMILES string of the molecule is CCCCCCCC1CCC(c2ccc(-c3ccc(OCC)cc3)cc2)CC1. The van der Waals surface area contributed by atoms with Crippen LogP contribution in [0.5, 0.6) is 5.75 Å². The molecule has 3 rings (SSSR count). The van der Waals surface area contributed by atoms with Gasteiger partial charge < -0.3 is 4.74 Å². The average Bonchev–Trinajstić information content (AvgIpc) is 2.75. The van der Waals surface area contributed by atoms with Gasteiger partial charge in [0.15, 0.2) is 0 Å². The fourth-order valence-corrected chi connectivity index (χ4v) is 4.68. The summed E-state index contributed by atoms with van der Waals surface area (Å²) in [7, 11) is 0. The molecule has 1 nitrogen and oxygen atoms in total. The summed E-state index contributed by atoms with van der Waals surface area (Å²) < 4.78 is 5.55. The zero-order chi connectivity index (χ0) is 19.6. The second-order valence-corrected chi connectivity index (χ2v) is 8.50. The highest BCUT2D eigenvalue weighted by Gasteiger charge is 2.22. The molecule has 0 heterocycles. The van der Waals surface area contributed by atoms with Crippen molar-refractivity contribution in [2.24, 2.45) is 5.92 Å². The molecule has 1 aliphatic carbocycles. The zero-order valence-electron chi connectivity index (χ0n) is 18.0. The monoisotopic (exact) mass is 378 g/mol. The maximum absolute atomic E-state index is 5.55. The van der Waals surface area contributed by atoms with Gasteiger partial charge in [-0.1, -0.05) is 81.8 Å². The Labute approximate surface area is 172 Å². The van der Waals surface area contributed by atoms with Crippen LogP contribution in [-0.2, 0) is 0 Å². The number of ether oxygens (including phenoxy) is 1. The van der Waals surface area contributed by atoms with Crippen molar-refractivity contribution in [3.63, 3.8) is 0 Å². The summed E-state index contributed by atoms with van der Waals surface area (Å²) in [6.45, 7) is 5.04. The van der Waals surface area contributed by atoms with Crippen LogP contribution in [0.15, 0.2) is 48.5 Å². The van der Waals surface area contributed by atoms with E-state index in [1.807, 2.05) is 6.92 Å². The van der Waals surface area contributed by atoms with Crippen LogP contribution in [0.4, 0.5) is 0 Å². The standard InChI is InChI=1S/C27H38O/c1-3-5-6-7-8-9-22-10-12-23(13-11-22)24-14-16-25(17-15-24)26-18-20-27(21-19-26)28-4-2/h14-23H,3-13H2,1-2H3. The molecule has 1 saturated carbocycles. The Bertz CT molecular complexity index is 662. The van der Waals surface area contributed by atoms with E-state index >= 15 is 0 Å². The van der Waals surface area contributed by atoms with E-state index in [1.54, 1.807) is 0 Å². The molecule has 0 bridgehead atoms. The van der Waals surface area contributed by atoms with Gasteiger partial charge in [0.1, 0.15) is 5.75 Å². The summed E-state index contributed by atoms with van der Waals surface area (Å²) >= 11 is 0. The molecule has 1 heteroatoms. The number of benzene rings is 2. The van der Waals surface area contributed by atoms with Crippen LogP contribution in [0.25, 0.3) is 11.1 Å². The van der Waals surface area contributed by atoms with Gasteiger partial charge in [0.05, 0.1) is 6.61 Å². The van der Waals surface area contributed by atoms with Crippen molar-refractivity contribution in [1.82, 2.24) is 0 Å². The van der Waals surface area contributed by atoms with Gasteiger partial charge in [0.25, 0.3) is 0 Å². The van der Waals surface area contributed by atoms with E-state index in [0.29, 0.717) is 0 Å². The predicted molar refractivity (Wildman–Crippen MR) is 121 cm³/mol. The molecule has 0 amide bonds. The minimum absolute atomic E-state index is 0.717. The fourth-order valence-electron chi connectivity index (χ4n) is 4.68. The Morgan fingerprint density at radius 3 is 1.93 bits per heavy atom. The third-order valence-electron chi connectivity index (χ3n) is 6.44. The summed E-state index contributed by atoms with van der Waals surface area (Å²) in [5, 5.41) is 0. The number of hydrogen-bond donors (Lipinski definition) is 0. The molecule has 0 aliphatic heterocycles. The topological polar surface area (TPSA) is 9.23 Å². The number of hydrogen-bond acceptors (Lipinski definition) is 1. The summed E-state index contributed by atoms with van der Waals surface area (Å²) in [5.74, 6) is 2.71. The first-order valence-corrected chi connectivity index (χ1v) is 11.6. The normalized spacial score (nSPS) is 19.5. The Balaban J connectivity index is 1.46. The quantitative estimate of drug-likeness (QED) is 0.377. The van der Waals surface area contributed by atoms with E-state index in [2.05, 4.69) is 55.5 Å². The fraction of sp³-hybridized carbons (Fsp3) is 0.556. The van der Waals surface area contributed by atoms with Crippen molar-refractivity contribution in [3.8, 4) is 16.9 Å². The smallest absolute Gasteiger partial charge is 0.119 e. The summed E-state index contributed by atoms with van der Waals surface area (Å²) in [4.78, 5) is 0. The van der Waals surface area contributed by atoms with Crippen molar-refractivity contribution in [3.05, 3.63) is 54.1 Å². The van der Waals surface area contributed by atoms with Crippen LogP contribution < -0.4 is 4.74 Å². The lowest BCUT2D eigenvalue weighted by molar-refractivity contribution is 0.302. The molecule has 0 spiro atoms. The van der Waals surface area contributed by atoms with Gasteiger partial charge in [0, 0.05) is 0 Å². The van der Waals surface area contributed by atoms with Gasteiger partial charge >= 0.3 is 0 Å². The maximum atomic E-state index is 5.55. The first-order chi connectivity index (χ1) is 13.8. The van der Waals surface area contributed by atoms with Gasteiger partial charge in [-0.2, -0.15) is 0 Å². The van der Waals surface area contributed by atoms with Crippen LogP contribution in [0, 0.1) is 5.92 Å². The highest BCUT2D eigenvalue weighted by atomic mass is 16.5.